The van der Waals surface area contributed by atoms with Crippen molar-refractivity contribution >= 4 is 27.4 Å². The quantitative estimate of drug-likeness (QED) is 0.335. The average Bonchev–Trinajstić information content (AvgIpc) is 3.54. The molecule has 0 saturated heterocycles. The SMILES string of the molecule is Cn1nc(C(F)(F)C#N)c2c1-c1ccc(-c3cccc(S(C)(=O)=O)c3)cc1N1C(=C3C=CC(OC(F)(F)F)=CC3)C=NN21. The summed E-state index contributed by atoms with van der Waals surface area (Å²) in [6.45, 7) is 0. The van der Waals surface area contributed by atoms with Crippen molar-refractivity contribution in [3.05, 3.63) is 83.4 Å². The molecular weight excluding hydrogens is 595 g/mol. The van der Waals surface area contributed by atoms with Gasteiger partial charge in [-0.25, -0.2) is 13.4 Å². The molecule has 3 aromatic rings. The number of nitrogens with zero attached hydrogens (tertiary/aromatic N) is 6. The first-order chi connectivity index (χ1) is 20.2. The number of sulfone groups is 1. The number of rotatable bonds is 4. The molecule has 3 heterocycles. The zero-order valence-electron chi connectivity index (χ0n) is 22.3. The number of aryl methyl sites for hydroxylation is 1. The van der Waals surface area contributed by atoms with Crippen molar-refractivity contribution in [3.8, 4) is 28.5 Å². The van der Waals surface area contributed by atoms with Gasteiger partial charge in [0.05, 0.1) is 28.2 Å². The summed E-state index contributed by atoms with van der Waals surface area (Å²) in [7, 11) is -2.06. The fourth-order valence-electron chi connectivity index (χ4n) is 5.12. The van der Waals surface area contributed by atoms with Gasteiger partial charge in [0.25, 0.3) is 0 Å². The normalized spacial score (nSPS) is 17.8. The van der Waals surface area contributed by atoms with Crippen molar-refractivity contribution in [1.82, 2.24) is 9.78 Å². The Morgan fingerprint density at radius 1 is 1.05 bits per heavy atom. The number of hydrogen-bond acceptors (Lipinski definition) is 8. The molecule has 0 saturated carbocycles. The number of allylic oxidation sites excluding steroid dienone is 5. The summed E-state index contributed by atoms with van der Waals surface area (Å²) >= 11 is 0. The fraction of sp³-hybridized carbons (Fsp3) is 0.179. The average molecular weight is 615 g/mol. The van der Waals surface area contributed by atoms with Crippen LogP contribution in [0.15, 0.2) is 87.7 Å². The van der Waals surface area contributed by atoms with Crippen LogP contribution in [0.4, 0.5) is 33.3 Å². The molecule has 1 aromatic heterocycles. The van der Waals surface area contributed by atoms with Crippen LogP contribution >= 0.6 is 0 Å². The van der Waals surface area contributed by atoms with E-state index in [1.807, 2.05) is 0 Å². The van der Waals surface area contributed by atoms with Gasteiger partial charge < -0.3 is 4.74 Å². The first-order valence-electron chi connectivity index (χ1n) is 12.5. The molecule has 0 bridgehead atoms. The predicted molar refractivity (Wildman–Crippen MR) is 146 cm³/mol. The molecule has 0 radical (unpaired) electrons. The van der Waals surface area contributed by atoms with Crippen molar-refractivity contribution in [2.45, 2.75) is 23.6 Å². The van der Waals surface area contributed by atoms with Gasteiger partial charge in [-0.3, -0.25) is 4.68 Å². The summed E-state index contributed by atoms with van der Waals surface area (Å²) in [5.74, 6) is -4.37. The number of hydrogen-bond donors (Lipinski definition) is 0. The first-order valence-corrected chi connectivity index (χ1v) is 14.4. The topological polar surface area (TPSA) is 104 Å². The highest BCUT2D eigenvalue weighted by Gasteiger charge is 2.47. The first kappa shape index (κ1) is 28.2. The summed E-state index contributed by atoms with van der Waals surface area (Å²) in [5, 5.41) is 20.2. The maximum atomic E-state index is 14.8. The Hall–Kier alpha value is -4.97. The Labute approximate surface area is 241 Å². The summed E-state index contributed by atoms with van der Waals surface area (Å²) in [4.78, 5) is 0.102. The van der Waals surface area contributed by atoms with Crippen LogP contribution in [0.25, 0.3) is 22.4 Å². The van der Waals surface area contributed by atoms with Gasteiger partial charge in [0.15, 0.2) is 15.5 Å². The molecule has 3 aliphatic rings. The van der Waals surface area contributed by atoms with E-state index in [4.69, 9.17) is 0 Å². The van der Waals surface area contributed by atoms with Gasteiger partial charge in [-0.05, 0) is 59.5 Å². The Balaban J connectivity index is 1.54. The molecule has 1 aliphatic carbocycles. The highest BCUT2D eigenvalue weighted by atomic mass is 32.2. The number of alkyl halides is 5. The molecule has 0 atom stereocenters. The van der Waals surface area contributed by atoms with Crippen molar-refractivity contribution < 1.29 is 35.1 Å². The lowest BCUT2D eigenvalue weighted by molar-refractivity contribution is -0.303. The molecule has 9 nitrogen and oxygen atoms in total. The lowest BCUT2D eigenvalue weighted by atomic mass is 9.97. The summed E-state index contributed by atoms with van der Waals surface area (Å²) in [6, 6.07) is 12.3. The van der Waals surface area contributed by atoms with Crippen LogP contribution in [0.2, 0.25) is 0 Å². The third kappa shape index (κ3) is 4.83. The van der Waals surface area contributed by atoms with Crippen LogP contribution in [0.3, 0.4) is 0 Å². The molecule has 0 amide bonds. The van der Waals surface area contributed by atoms with Crippen LogP contribution in [-0.4, -0.2) is 37.0 Å². The number of ether oxygens (including phenoxy) is 1. The minimum atomic E-state index is -4.87. The minimum Gasteiger partial charge on any atom is -0.406 e. The van der Waals surface area contributed by atoms with Crippen LogP contribution in [0, 0.1) is 11.3 Å². The number of anilines is 2. The van der Waals surface area contributed by atoms with Crippen molar-refractivity contribution in [1.29, 1.82) is 5.26 Å². The number of benzene rings is 2. The highest BCUT2D eigenvalue weighted by molar-refractivity contribution is 7.90. The molecule has 2 aliphatic heterocycles. The molecule has 43 heavy (non-hydrogen) atoms. The third-order valence-corrected chi connectivity index (χ3v) is 8.09. The molecule has 220 valence electrons. The second-order valence-corrected chi connectivity index (χ2v) is 11.9. The lowest BCUT2D eigenvalue weighted by Gasteiger charge is -2.36. The standard InChI is InChI=1S/C28H19F5N6O3S/c1-37-24-21-11-8-18(17-4-3-5-20(12-17)43(2,40)41)13-22(21)38-23(16-6-9-19(10-7-16)42-28(31,32)33)14-35-39(38)25(24)26(36-37)27(29,30)15-34/h3-6,8-14H,7H2,1-2H3. The van der Waals surface area contributed by atoms with Gasteiger partial charge in [-0.2, -0.15) is 29.4 Å². The van der Waals surface area contributed by atoms with E-state index < -0.39 is 33.6 Å². The van der Waals surface area contributed by atoms with Gasteiger partial charge >= 0.3 is 12.3 Å². The van der Waals surface area contributed by atoms with Crippen molar-refractivity contribution in [2.75, 3.05) is 16.4 Å². The van der Waals surface area contributed by atoms with Crippen molar-refractivity contribution in [2.24, 2.45) is 12.1 Å². The number of aromatic nitrogens is 2. The number of nitriles is 1. The predicted octanol–water partition coefficient (Wildman–Crippen LogP) is 5.95. The van der Waals surface area contributed by atoms with Crippen LogP contribution < -0.4 is 10.1 Å². The lowest BCUT2D eigenvalue weighted by Crippen LogP contribution is -2.39. The van der Waals surface area contributed by atoms with E-state index in [1.165, 1.54) is 52.4 Å². The number of fused-ring (bicyclic) bond motifs is 6. The minimum absolute atomic E-state index is 0.000144. The molecule has 15 heteroatoms. The second kappa shape index (κ2) is 9.53. The fourth-order valence-corrected chi connectivity index (χ4v) is 5.78. The second-order valence-electron chi connectivity index (χ2n) is 9.84. The van der Waals surface area contributed by atoms with E-state index in [1.54, 1.807) is 30.3 Å². The van der Waals surface area contributed by atoms with E-state index in [9.17, 15) is 35.6 Å². The van der Waals surface area contributed by atoms with Gasteiger partial charge in [-0.1, -0.05) is 24.3 Å². The van der Waals surface area contributed by atoms with E-state index in [2.05, 4.69) is 14.9 Å². The van der Waals surface area contributed by atoms with Gasteiger partial charge in [-0.15, -0.1) is 13.2 Å². The molecule has 6 rings (SSSR count). The molecule has 0 fully saturated rings. The van der Waals surface area contributed by atoms with Crippen LogP contribution in [0.1, 0.15) is 12.1 Å². The zero-order valence-corrected chi connectivity index (χ0v) is 23.1. The summed E-state index contributed by atoms with van der Waals surface area (Å²) < 4.78 is 97.5. The van der Waals surface area contributed by atoms with Crippen molar-refractivity contribution in [3.63, 3.8) is 0 Å². The van der Waals surface area contributed by atoms with E-state index in [0.717, 1.165) is 18.4 Å². The highest BCUT2D eigenvalue weighted by Crippen LogP contribution is 2.52. The van der Waals surface area contributed by atoms with Gasteiger partial charge in [0, 0.05) is 18.9 Å². The smallest absolute Gasteiger partial charge is 0.406 e. The summed E-state index contributed by atoms with van der Waals surface area (Å²) in [5.41, 5.74) is 2.19. The third-order valence-electron chi connectivity index (χ3n) is 6.98. The summed E-state index contributed by atoms with van der Waals surface area (Å²) in [6.07, 6.45) is 1.37. The zero-order chi connectivity index (χ0) is 30.9. The molecule has 0 N–H and O–H groups in total. The monoisotopic (exact) mass is 614 g/mol. The Morgan fingerprint density at radius 2 is 1.79 bits per heavy atom. The largest absolute Gasteiger partial charge is 0.573 e. The molecule has 2 aromatic carbocycles. The maximum Gasteiger partial charge on any atom is 0.573 e. The maximum absolute atomic E-state index is 14.8. The molecular formula is C28H19F5N6O3S. The van der Waals surface area contributed by atoms with Crippen LogP contribution in [-0.2, 0) is 27.5 Å². The molecule has 0 spiro atoms. The Bertz CT molecular complexity index is 1970. The van der Waals surface area contributed by atoms with Crippen LogP contribution in [0.5, 0.6) is 0 Å². The van der Waals surface area contributed by atoms with Gasteiger partial charge in [0.1, 0.15) is 17.5 Å². The number of hydrazone groups is 1. The van der Waals surface area contributed by atoms with E-state index in [0.29, 0.717) is 33.6 Å². The van der Waals surface area contributed by atoms with Gasteiger partial charge in [0.2, 0.25) is 0 Å². The Morgan fingerprint density at radius 3 is 2.44 bits per heavy atom. The van der Waals surface area contributed by atoms with E-state index >= 15 is 0 Å². The number of hydrazine groups is 1. The van der Waals surface area contributed by atoms with E-state index in [-0.39, 0.29) is 22.7 Å². The Kier molecular flexibility index (Phi) is 6.24. The number of halogens is 5. The molecule has 0 unspecified atom stereocenters.